The molecule has 1 N–H and O–H groups in total. The van der Waals surface area contributed by atoms with Crippen molar-refractivity contribution < 1.29 is 0 Å². The first-order valence-corrected chi connectivity index (χ1v) is 4.70. The summed E-state index contributed by atoms with van der Waals surface area (Å²) in [7, 11) is 0. The van der Waals surface area contributed by atoms with Crippen LogP contribution in [-0.4, -0.2) is 15.2 Å². The third-order valence-corrected chi connectivity index (χ3v) is 1.24. The Morgan fingerprint density at radius 1 is 1.08 bits per heavy atom. The molecule has 0 bridgehead atoms. The molecule has 0 aliphatic heterocycles. The molecule has 0 spiro atoms. The van der Waals surface area contributed by atoms with Crippen molar-refractivity contribution in [2.45, 2.75) is 27.7 Å². The SMILES string of the molecule is CC.CC.c1cc2cn[nH]c2cn1. The number of aromatic nitrogens is 3. The monoisotopic (exact) mass is 179 g/mol. The van der Waals surface area contributed by atoms with Gasteiger partial charge in [0.25, 0.3) is 0 Å². The van der Waals surface area contributed by atoms with Crippen LogP contribution in [0.4, 0.5) is 0 Å². The topological polar surface area (TPSA) is 41.6 Å². The molecule has 0 atom stereocenters. The molecular weight excluding hydrogens is 162 g/mol. The maximum atomic E-state index is 3.91. The van der Waals surface area contributed by atoms with E-state index in [0.29, 0.717) is 0 Å². The lowest BCUT2D eigenvalue weighted by atomic mass is 10.3. The van der Waals surface area contributed by atoms with E-state index in [-0.39, 0.29) is 0 Å². The van der Waals surface area contributed by atoms with Crippen LogP contribution in [0.3, 0.4) is 0 Å². The Balaban J connectivity index is 0.000000322. The van der Waals surface area contributed by atoms with Crippen LogP contribution in [0.25, 0.3) is 10.9 Å². The average Bonchev–Trinajstić information content (AvgIpc) is 2.71. The molecule has 0 unspecified atom stereocenters. The molecule has 0 aromatic carbocycles. The molecule has 2 rings (SSSR count). The van der Waals surface area contributed by atoms with E-state index in [9.17, 15) is 0 Å². The zero-order valence-corrected chi connectivity index (χ0v) is 8.70. The molecule has 2 aromatic rings. The summed E-state index contributed by atoms with van der Waals surface area (Å²) >= 11 is 0. The van der Waals surface area contributed by atoms with E-state index in [1.54, 1.807) is 18.6 Å². The Morgan fingerprint density at radius 3 is 2.38 bits per heavy atom. The molecule has 0 radical (unpaired) electrons. The van der Waals surface area contributed by atoms with E-state index < -0.39 is 0 Å². The standard InChI is InChI=1S/C6H5N3.2C2H6/c1-2-7-4-6-5(1)3-8-9-6;2*1-2/h1-4H,(H,8,9);2*1-2H3. The van der Waals surface area contributed by atoms with Crippen LogP contribution in [0.1, 0.15) is 27.7 Å². The average molecular weight is 179 g/mol. The van der Waals surface area contributed by atoms with Gasteiger partial charge in [0.05, 0.1) is 17.9 Å². The first-order chi connectivity index (χ1) is 6.47. The molecular formula is C10H17N3. The highest BCUT2D eigenvalue weighted by Gasteiger charge is 1.89. The number of H-pyrrole nitrogens is 1. The molecule has 0 amide bonds. The Morgan fingerprint density at radius 2 is 1.77 bits per heavy atom. The van der Waals surface area contributed by atoms with Crippen LogP contribution in [-0.2, 0) is 0 Å². The van der Waals surface area contributed by atoms with Gasteiger partial charge in [0, 0.05) is 11.6 Å². The van der Waals surface area contributed by atoms with Crippen LogP contribution in [0.5, 0.6) is 0 Å². The summed E-state index contributed by atoms with van der Waals surface area (Å²) in [6, 6.07) is 1.92. The van der Waals surface area contributed by atoms with Crippen molar-refractivity contribution in [3.05, 3.63) is 24.7 Å². The Hall–Kier alpha value is -1.38. The third kappa shape index (κ3) is 3.23. The van der Waals surface area contributed by atoms with Crippen molar-refractivity contribution in [2.75, 3.05) is 0 Å². The van der Waals surface area contributed by atoms with Crippen molar-refractivity contribution in [3.8, 4) is 0 Å². The second kappa shape index (κ2) is 7.28. The summed E-state index contributed by atoms with van der Waals surface area (Å²) in [6.45, 7) is 8.00. The van der Waals surface area contributed by atoms with Gasteiger partial charge >= 0.3 is 0 Å². The van der Waals surface area contributed by atoms with Crippen molar-refractivity contribution in [2.24, 2.45) is 0 Å². The number of nitrogens with zero attached hydrogens (tertiary/aromatic N) is 2. The Labute approximate surface area is 79.2 Å². The molecule has 3 nitrogen and oxygen atoms in total. The van der Waals surface area contributed by atoms with E-state index in [1.165, 1.54) is 0 Å². The van der Waals surface area contributed by atoms with Gasteiger partial charge in [0.1, 0.15) is 0 Å². The zero-order valence-electron chi connectivity index (χ0n) is 8.70. The number of hydrogen-bond donors (Lipinski definition) is 1. The highest BCUT2D eigenvalue weighted by atomic mass is 15.1. The van der Waals surface area contributed by atoms with E-state index in [0.717, 1.165) is 10.9 Å². The molecule has 0 aliphatic rings. The predicted octanol–water partition coefficient (Wildman–Crippen LogP) is 3.01. The molecule has 2 aromatic heterocycles. The van der Waals surface area contributed by atoms with Gasteiger partial charge in [-0.3, -0.25) is 10.1 Å². The number of aromatic amines is 1. The van der Waals surface area contributed by atoms with Crippen LogP contribution in [0, 0.1) is 0 Å². The van der Waals surface area contributed by atoms with Gasteiger partial charge in [-0.2, -0.15) is 5.10 Å². The van der Waals surface area contributed by atoms with Gasteiger partial charge in [-0.25, -0.2) is 0 Å². The Kier molecular flexibility index (Phi) is 6.51. The minimum absolute atomic E-state index is 0.984. The number of hydrogen-bond acceptors (Lipinski definition) is 2. The van der Waals surface area contributed by atoms with E-state index in [1.807, 2.05) is 33.8 Å². The molecule has 0 fully saturated rings. The van der Waals surface area contributed by atoms with Gasteiger partial charge in [0.15, 0.2) is 0 Å². The van der Waals surface area contributed by atoms with Gasteiger partial charge < -0.3 is 0 Å². The maximum Gasteiger partial charge on any atom is 0.0833 e. The van der Waals surface area contributed by atoms with Crippen LogP contribution in [0.2, 0.25) is 0 Å². The lowest BCUT2D eigenvalue weighted by molar-refractivity contribution is 1.11. The normalized spacial score (nSPS) is 8.00. The smallest absolute Gasteiger partial charge is 0.0833 e. The second-order valence-corrected chi connectivity index (χ2v) is 1.83. The molecule has 0 saturated carbocycles. The van der Waals surface area contributed by atoms with Gasteiger partial charge in [-0.1, -0.05) is 27.7 Å². The summed E-state index contributed by atoms with van der Waals surface area (Å²) in [5, 5.41) is 7.75. The molecule has 3 heteroatoms. The number of rotatable bonds is 0. The largest absolute Gasteiger partial charge is 0.276 e. The van der Waals surface area contributed by atoms with Crippen LogP contribution < -0.4 is 0 Å². The number of pyridine rings is 1. The van der Waals surface area contributed by atoms with Gasteiger partial charge in [-0.05, 0) is 6.07 Å². The van der Waals surface area contributed by atoms with Crippen molar-refractivity contribution >= 4 is 10.9 Å². The van der Waals surface area contributed by atoms with Crippen molar-refractivity contribution in [1.82, 2.24) is 15.2 Å². The molecule has 72 valence electrons. The third-order valence-electron chi connectivity index (χ3n) is 1.24. The van der Waals surface area contributed by atoms with Gasteiger partial charge in [-0.15, -0.1) is 0 Å². The fourth-order valence-electron chi connectivity index (χ4n) is 0.783. The minimum Gasteiger partial charge on any atom is -0.276 e. The van der Waals surface area contributed by atoms with E-state index >= 15 is 0 Å². The first kappa shape index (κ1) is 11.6. The molecule has 0 saturated heterocycles. The van der Waals surface area contributed by atoms with E-state index in [4.69, 9.17) is 0 Å². The molecule has 13 heavy (non-hydrogen) atoms. The predicted molar refractivity (Wildman–Crippen MR) is 56.6 cm³/mol. The number of nitrogens with one attached hydrogen (secondary N) is 1. The lowest BCUT2D eigenvalue weighted by Gasteiger charge is -1.80. The lowest BCUT2D eigenvalue weighted by Crippen LogP contribution is -1.69. The maximum absolute atomic E-state index is 3.91. The van der Waals surface area contributed by atoms with E-state index in [2.05, 4.69) is 15.2 Å². The fraction of sp³-hybridized carbons (Fsp3) is 0.400. The highest BCUT2D eigenvalue weighted by Crippen LogP contribution is 2.04. The van der Waals surface area contributed by atoms with Crippen molar-refractivity contribution in [1.29, 1.82) is 0 Å². The van der Waals surface area contributed by atoms with Gasteiger partial charge in [0.2, 0.25) is 0 Å². The summed E-state index contributed by atoms with van der Waals surface area (Å²) < 4.78 is 0. The summed E-state index contributed by atoms with van der Waals surface area (Å²) in [6.07, 6.45) is 5.28. The number of fused-ring (bicyclic) bond motifs is 1. The molecule has 0 aliphatic carbocycles. The minimum atomic E-state index is 0.984. The van der Waals surface area contributed by atoms with Crippen LogP contribution in [0.15, 0.2) is 24.7 Å². The fourth-order valence-corrected chi connectivity index (χ4v) is 0.783. The summed E-state index contributed by atoms with van der Waals surface area (Å²) in [5.74, 6) is 0. The zero-order chi connectivity index (χ0) is 10.1. The van der Waals surface area contributed by atoms with Crippen molar-refractivity contribution in [3.63, 3.8) is 0 Å². The summed E-state index contributed by atoms with van der Waals surface area (Å²) in [4.78, 5) is 3.91. The summed E-state index contributed by atoms with van der Waals surface area (Å²) in [5.41, 5.74) is 0.984. The first-order valence-electron chi connectivity index (χ1n) is 4.70. The quantitative estimate of drug-likeness (QED) is 0.675. The second-order valence-electron chi connectivity index (χ2n) is 1.83. The van der Waals surface area contributed by atoms with Crippen LogP contribution >= 0.6 is 0 Å². The Bertz CT molecular complexity index is 284. The molecule has 2 heterocycles. The highest BCUT2D eigenvalue weighted by molar-refractivity contribution is 5.76.